The standard InChI is InChI=1S/C20H29NO3/c1-19-7-5-12(22)9-11(19)3-4-13-15(19)6-8-20(2)16(13)10-14-17(20)21-24-18(14)23/h3,12-16,18,22-23H,4-10H2,1-2H3/t12-,13-,14+,15+,16+,18+,19+,20+/m1/s1. The van der Waals surface area contributed by atoms with Gasteiger partial charge in [-0.15, -0.1) is 0 Å². The number of aliphatic hydroxyl groups is 2. The summed E-state index contributed by atoms with van der Waals surface area (Å²) < 4.78 is 0. The molecule has 8 atom stereocenters. The van der Waals surface area contributed by atoms with Crippen LogP contribution in [0.2, 0.25) is 0 Å². The second-order valence-electron chi connectivity index (χ2n) is 9.43. The van der Waals surface area contributed by atoms with Gasteiger partial charge < -0.3 is 15.1 Å². The van der Waals surface area contributed by atoms with Crippen LogP contribution in [0, 0.1) is 34.5 Å². The van der Waals surface area contributed by atoms with Crippen molar-refractivity contribution in [1.29, 1.82) is 0 Å². The highest BCUT2D eigenvalue weighted by Gasteiger charge is 2.62. The average Bonchev–Trinajstić information content (AvgIpc) is 3.06. The van der Waals surface area contributed by atoms with Crippen molar-refractivity contribution in [3.63, 3.8) is 0 Å². The molecule has 3 saturated carbocycles. The summed E-state index contributed by atoms with van der Waals surface area (Å²) in [7, 11) is 0. The molecule has 0 aromatic rings. The highest BCUT2D eigenvalue weighted by molar-refractivity contribution is 5.95. The first-order valence-electron chi connectivity index (χ1n) is 9.73. The first-order valence-corrected chi connectivity index (χ1v) is 9.73. The molecular weight excluding hydrogens is 302 g/mol. The Kier molecular flexibility index (Phi) is 3.11. The van der Waals surface area contributed by atoms with Crippen LogP contribution in [-0.2, 0) is 4.84 Å². The molecular formula is C20H29NO3. The van der Waals surface area contributed by atoms with E-state index in [-0.39, 0.29) is 22.9 Å². The van der Waals surface area contributed by atoms with Crippen LogP contribution in [0.4, 0.5) is 0 Å². The van der Waals surface area contributed by atoms with Crippen molar-refractivity contribution in [2.75, 3.05) is 0 Å². The van der Waals surface area contributed by atoms with Gasteiger partial charge in [0.05, 0.1) is 17.7 Å². The van der Waals surface area contributed by atoms with E-state index in [1.165, 1.54) is 12.0 Å². The molecule has 4 heteroatoms. The van der Waals surface area contributed by atoms with Gasteiger partial charge in [0.15, 0.2) is 0 Å². The molecule has 24 heavy (non-hydrogen) atoms. The smallest absolute Gasteiger partial charge is 0.232 e. The summed E-state index contributed by atoms with van der Waals surface area (Å²) in [5.74, 6) is 2.14. The maximum absolute atomic E-state index is 10.1. The Balaban J connectivity index is 1.51. The number of fused-ring (bicyclic) bond motifs is 7. The molecule has 0 spiro atoms. The van der Waals surface area contributed by atoms with Gasteiger partial charge in [-0.25, -0.2) is 0 Å². The molecule has 4 nitrogen and oxygen atoms in total. The van der Waals surface area contributed by atoms with E-state index in [0.717, 1.165) is 50.2 Å². The summed E-state index contributed by atoms with van der Waals surface area (Å²) in [6.45, 7) is 4.82. The van der Waals surface area contributed by atoms with E-state index in [1.54, 1.807) is 0 Å². The van der Waals surface area contributed by atoms with Crippen LogP contribution in [0.3, 0.4) is 0 Å². The lowest BCUT2D eigenvalue weighted by Crippen LogP contribution is -2.50. The number of aliphatic hydroxyl groups excluding tert-OH is 2. The highest BCUT2D eigenvalue weighted by atomic mass is 16.7. The lowest BCUT2D eigenvalue weighted by atomic mass is 9.48. The van der Waals surface area contributed by atoms with Crippen LogP contribution in [0.25, 0.3) is 0 Å². The lowest BCUT2D eigenvalue weighted by molar-refractivity contribution is -0.107. The topological polar surface area (TPSA) is 62.1 Å². The van der Waals surface area contributed by atoms with Gasteiger partial charge in [0.1, 0.15) is 0 Å². The summed E-state index contributed by atoms with van der Waals surface area (Å²) in [4.78, 5) is 5.19. The third kappa shape index (κ3) is 1.79. The molecule has 0 bridgehead atoms. The Morgan fingerprint density at radius 3 is 2.75 bits per heavy atom. The Labute approximate surface area is 144 Å². The van der Waals surface area contributed by atoms with Crippen LogP contribution in [0.5, 0.6) is 0 Å². The molecule has 5 aliphatic rings. The van der Waals surface area contributed by atoms with Gasteiger partial charge in [-0.2, -0.15) is 0 Å². The van der Waals surface area contributed by atoms with E-state index < -0.39 is 6.29 Å². The highest BCUT2D eigenvalue weighted by Crippen LogP contribution is 2.65. The predicted octanol–water partition coefficient (Wildman–Crippen LogP) is 3.24. The molecule has 3 fully saturated rings. The van der Waals surface area contributed by atoms with Crippen molar-refractivity contribution < 1.29 is 15.1 Å². The molecule has 0 unspecified atom stereocenters. The molecule has 0 aromatic carbocycles. The zero-order valence-electron chi connectivity index (χ0n) is 14.7. The van der Waals surface area contributed by atoms with Crippen LogP contribution < -0.4 is 0 Å². The van der Waals surface area contributed by atoms with Crippen molar-refractivity contribution >= 4 is 5.71 Å². The number of allylic oxidation sites excluding steroid dienone is 1. The molecule has 1 aliphatic heterocycles. The second kappa shape index (κ2) is 4.85. The molecule has 0 saturated heterocycles. The van der Waals surface area contributed by atoms with Gasteiger partial charge in [-0.3, -0.25) is 0 Å². The van der Waals surface area contributed by atoms with Crippen molar-refractivity contribution in [2.45, 2.75) is 71.2 Å². The minimum Gasteiger partial charge on any atom is -0.393 e. The van der Waals surface area contributed by atoms with Crippen LogP contribution in [-0.4, -0.2) is 28.3 Å². The SMILES string of the molecule is C[C@]12CC[C@@H](O)CC1=CC[C@@H]1[C@@H]2CC[C@]2(C)C3=NO[C@H](O)[C@H]3C[C@@H]12. The average molecular weight is 331 g/mol. The largest absolute Gasteiger partial charge is 0.393 e. The Hall–Kier alpha value is -0.870. The predicted molar refractivity (Wildman–Crippen MR) is 91.1 cm³/mol. The molecule has 0 radical (unpaired) electrons. The van der Waals surface area contributed by atoms with Gasteiger partial charge in [0.25, 0.3) is 0 Å². The molecule has 5 rings (SSSR count). The van der Waals surface area contributed by atoms with Crippen molar-refractivity contribution in [2.24, 2.45) is 39.7 Å². The monoisotopic (exact) mass is 331 g/mol. The number of hydrogen-bond donors (Lipinski definition) is 2. The minimum absolute atomic E-state index is 0.110. The van der Waals surface area contributed by atoms with Gasteiger partial charge in [0.2, 0.25) is 6.29 Å². The van der Waals surface area contributed by atoms with Crippen LogP contribution in [0.15, 0.2) is 16.8 Å². The Bertz CT molecular complexity index is 628. The quantitative estimate of drug-likeness (QED) is 0.670. The zero-order valence-corrected chi connectivity index (χ0v) is 14.7. The van der Waals surface area contributed by atoms with E-state index in [0.29, 0.717) is 11.8 Å². The van der Waals surface area contributed by atoms with Crippen molar-refractivity contribution in [1.82, 2.24) is 0 Å². The van der Waals surface area contributed by atoms with Gasteiger partial charge in [-0.05, 0) is 68.1 Å². The molecule has 0 aromatic heterocycles. The molecule has 1 heterocycles. The number of nitrogens with zero attached hydrogens (tertiary/aromatic N) is 1. The summed E-state index contributed by atoms with van der Waals surface area (Å²) in [5, 5.41) is 24.5. The van der Waals surface area contributed by atoms with Gasteiger partial charge in [-0.1, -0.05) is 30.7 Å². The minimum atomic E-state index is -0.726. The number of hydrogen-bond acceptors (Lipinski definition) is 4. The Morgan fingerprint density at radius 1 is 1.12 bits per heavy atom. The van der Waals surface area contributed by atoms with Gasteiger partial charge >= 0.3 is 0 Å². The summed E-state index contributed by atoms with van der Waals surface area (Å²) in [6.07, 6.45) is 9.11. The maximum Gasteiger partial charge on any atom is 0.232 e. The normalized spacial score (nSPS) is 55.5. The first kappa shape index (κ1) is 15.4. The van der Waals surface area contributed by atoms with Crippen molar-refractivity contribution in [3.8, 4) is 0 Å². The third-order valence-corrected chi connectivity index (χ3v) is 8.51. The molecule has 132 valence electrons. The fourth-order valence-corrected chi connectivity index (χ4v) is 7.13. The van der Waals surface area contributed by atoms with Crippen molar-refractivity contribution in [3.05, 3.63) is 11.6 Å². The van der Waals surface area contributed by atoms with Gasteiger partial charge in [0, 0.05) is 5.41 Å². The fourth-order valence-electron chi connectivity index (χ4n) is 7.13. The fraction of sp³-hybridized carbons (Fsp3) is 0.850. The Morgan fingerprint density at radius 2 is 1.92 bits per heavy atom. The summed E-state index contributed by atoms with van der Waals surface area (Å²) >= 11 is 0. The number of rotatable bonds is 0. The summed E-state index contributed by atoms with van der Waals surface area (Å²) in [6, 6.07) is 0. The molecule has 4 aliphatic carbocycles. The van der Waals surface area contributed by atoms with E-state index in [2.05, 4.69) is 25.1 Å². The van der Waals surface area contributed by atoms with E-state index in [1.807, 2.05) is 0 Å². The third-order valence-electron chi connectivity index (χ3n) is 8.51. The molecule has 2 N–H and O–H groups in total. The number of oxime groups is 1. The molecule has 0 amide bonds. The van der Waals surface area contributed by atoms with E-state index in [4.69, 9.17) is 4.84 Å². The van der Waals surface area contributed by atoms with Crippen LogP contribution >= 0.6 is 0 Å². The second-order valence-corrected chi connectivity index (χ2v) is 9.43. The maximum atomic E-state index is 10.1. The van der Waals surface area contributed by atoms with E-state index >= 15 is 0 Å². The summed E-state index contributed by atoms with van der Waals surface area (Å²) in [5.41, 5.74) is 3.04. The lowest BCUT2D eigenvalue weighted by Gasteiger charge is -2.57. The van der Waals surface area contributed by atoms with E-state index in [9.17, 15) is 10.2 Å². The first-order chi connectivity index (χ1) is 11.4. The zero-order chi connectivity index (χ0) is 16.7. The van der Waals surface area contributed by atoms with Crippen LogP contribution in [0.1, 0.15) is 58.8 Å².